The summed E-state index contributed by atoms with van der Waals surface area (Å²) >= 11 is 0. The number of aromatic nitrogens is 1. The van der Waals surface area contributed by atoms with Crippen molar-refractivity contribution in [2.45, 2.75) is 20.5 Å². The quantitative estimate of drug-likeness (QED) is 0.364. The first-order valence-corrected chi connectivity index (χ1v) is 8.59. The summed E-state index contributed by atoms with van der Waals surface area (Å²) in [5, 5.41) is 2.68. The van der Waals surface area contributed by atoms with Gasteiger partial charge in [-0.25, -0.2) is 10.6 Å². The Morgan fingerprint density at radius 1 is 1.07 bits per heavy atom. The SMILES string of the molecule is Cc1ccc(-c2ccc(OCc3ccccc3NC(=O)NN)c(C)c2)cn1. The van der Waals surface area contributed by atoms with Crippen LogP contribution >= 0.6 is 0 Å². The zero-order chi connectivity index (χ0) is 19.2. The van der Waals surface area contributed by atoms with E-state index in [9.17, 15) is 4.79 Å². The molecule has 0 bridgehead atoms. The molecule has 0 saturated carbocycles. The maximum atomic E-state index is 11.5. The van der Waals surface area contributed by atoms with E-state index in [0.29, 0.717) is 12.3 Å². The highest BCUT2D eigenvalue weighted by Gasteiger charge is 2.08. The minimum absolute atomic E-state index is 0.327. The molecular formula is C21H22N4O2. The Hall–Kier alpha value is -3.38. The number of aryl methyl sites for hydroxylation is 2. The molecule has 6 nitrogen and oxygen atoms in total. The van der Waals surface area contributed by atoms with E-state index in [1.165, 1.54) is 0 Å². The number of anilines is 1. The van der Waals surface area contributed by atoms with Crippen LogP contribution in [0.15, 0.2) is 60.8 Å². The number of nitrogens with one attached hydrogen (secondary N) is 2. The Balaban J connectivity index is 1.74. The van der Waals surface area contributed by atoms with Crippen molar-refractivity contribution in [1.29, 1.82) is 0 Å². The van der Waals surface area contributed by atoms with Crippen LogP contribution in [0.5, 0.6) is 5.75 Å². The predicted molar refractivity (Wildman–Crippen MR) is 106 cm³/mol. The number of para-hydroxylation sites is 1. The van der Waals surface area contributed by atoms with Gasteiger partial charge in [-0.3, -0.25) is 10.4 Å². The highest BCUT2D eigenvalue weighted by molar-refractivity contribution is 5.89. The fraction of sp³-hybridized carbons (Fsp3) is 0.143. The number of nitrogens with zero attached hydrogens (tertiary/aromatic N) is 1. The highest BCUT2D eigenvalue weighted by atomic mass is 16.5. The molecule has 1 aromatic heterocycles. The number of hydrazine groups is 1. The van der Waals surface area contributed by atoms with Gasteiger partial charge in [-0.1, -0.05) is 30.3 Å². The average Bonchev–Trinajstić information content (AvgIpc) is 2.68. The zero-order valence-electron chi connectivity index (χ0n) is 15.3. The van der Waals surface area contributed by atoms with Crippen LogP contribution in [0.1, 0.15) is 16.8 Å². The van der Waals surface area contributed by atoms with E-state index in [-0.39, 0.29) is 0 Å². The number of pyridine rings is 1. The van der Waals surface area contributed by atoms with Crippen LogP contribution in [-0.4, -0.2) is 11.0 Å². The zero-order valence-corrected chi connectivity index (χ0v) is 15.3. The number of hydrogen-bond acceptors (Lipinski definition) is 4. The summed E-state index contributed by atoms with van der Waals surface area (Å²) in [6.07, 6.45) is 1.87. The first kappa shape index (κ1) is 18.4. The lowest BCUT2D eigenvalue weighted by atomic mass is 10.0. The molecule has 0 aliphatic carbocycles. The Morgan fingerprint density at radius 3 is 2.56 bits per heavy atom. The van der Waals surface area contributed by atoms with Gasteiger partial charge in [0, 0.05) is 28.7 Å². The van der Waals surface area contributed by atoms with Crippen LogP contribution in [-0.2, 0) is 6.61 Å². The molecule has 4 N–H and O–H groups in total. The summed E-state index contributed by atoms with van der Waals surface area (Å²) in [4.78, 5) is 15.8. The number of rotatable bonds is 5. The van der Waals surface area contributed by atoms with Crippen molar-refractivity contribution in [1.82, 2.24) is 10.4 Å². The van der Waals surface area contributed by atoms with Crippen molar-refractivity contribution >= 4 is 11.7 Å². The number of carbonyl (C=O) groups excluding carboxylic acids is 1. The second-order valence-corrected chi connectivity index (χ2v) is 6.21. The third-order valence-corrected chi connectivity index (χ3v) is 4.20. The minimum atomic E-state index is -0.477. The van der Waals surface area contributed by atoms with Crippen LogP contribution in [0.2, 0.25) is 0 Å². The molecule has 0 atom stereocenters. The summed E-state index contributed by atoms with van der Waals surface area (Å²) in [6, 6.07) is 17.0. The maximum Gasteiger partial charge on any atom is 0.333 e. The molecule has 2 amide bonds. The average molecular weight is 362 g/mol. The number of nitrogens with two attached hydrogens (primary N) is 1. The lowest BCUT2D eigenvalue weighted by Gasteiger charge is -2.14. The standard InChI is InChI=1S/C21H22N4O2/c1-14-11-16(17-8-7-15(2)23-12-17)9-10-20(14)27-13-18-5-3-4-6-19(18)24-21(26)25-22/h3-12H,13,22H2,1-2H3,(H2,24,25,26). The van der Waals surface area contributed by atoms with Crippen LogP contribution in [0.3, 0.4) is 0 Å². The van der Waals surface area contributed by atoms with Gasteiger partial charge >= 0.3 is 6.03 Å². The molecule has 6 heteroatoms. The normalized spacial score (nSPS) is 10.3. The van der Waals surface area contributed by atoms with Crippen molar-refractivity contribution < 1.29 is 9.53 Å². The fourth-order valence-corrected chi connectivity index (χ4v) is 2.71. The topological polar surface area (TPSA) is 89.3 Å². The van der Waals surface area contributed by atoms with Crippen LogP contribution in [0.4, 0.5) is 10.5 Å². The lowest BCUT2D eigenvalue weighted by molar-refractivity contribution is 0.252. The molecule has 3 rings (SSSR count). The number of urea groups is 1. The van der Waals surface area contributed by atoms with Gasteiger partial charge in [-0.05, 0) is 49.2 Å². The largest absolute Gasteiger partial charge is 0.489 e. The summed E-state index contributed by atoms with van der Waals surface area (Å²) < 4.78 is 5.97. The third kappa shape index (κ3) is 4.62. The third-order valence-electron chi connectivity index (χ3n) is 4.20. The van der Waals surface area contributed by atoms with Gasteiger partial charge in [-0.15, -0.1) is 0 Å². The summed E-state index contributed by atoms with van der Waals surface area (Å²) in [5.41, 5.74) is 7.74. The van der Waals surface area contributed by atoms with E-state index in [0.717, 1.165) is 33.7 Å². The Morgan fingerprint density at radius 2 is 1.85 bits per heavy atom. The molecule has 2 aromatic carbocycles. The number of benzene rings is 2. The second kappa shape index (κ2) is 8.33. The first-order chi connectivity index (χ1) is 13.1. The lowest BCUT2D eigenvalue weighted by Crippen LogP contribution is -2.34. The molecule has 138 valence electrons. The Labute approximate surface area is 158 Å². The first-order valence-electron chi connectivity index (χ1n) is 8.59. The summed E-state index contributed by atoms with van der Waals surface area (Å²) in [7, 11) is 0. The molecular weight excluding hydrogens is 340 g/mol. The van der Waals surface area contributed by atoms with Crippen LogP contribution in [0.25, 0.3) is 11.1 Å². The number of amides is 2. The van der Waals surface area contributed by atoms with E-state index in [1.54, 1.807) is 6.07 Å². The van der Waals surface area contributed by atoms with Gasteiger partial charge in [0.25, 0.3) is 0 Å². The molecule has 0 spiro atoms. The van der Waals surface area contributed by atoms with E-state index < -0.39 is 6.03 Å². The smallest absolute Gasteiger partial charge is 0.333 e. The molecule has 0 aliphatic heterocycles. The van der Waals surface area contributed by atoms with Gasteiger partial charge in [0.05, 0.1) is 0 Å². The summed E-state index contributed by atoms with van der Waals surface area (Å²) in [6.45, 7) is 4.30. The van der Waals surface area contributed by atoms with E-state index >= 15 is 0 Å². The van der Waals surface area contributed by atoms with Gasteiger partial charge in [0.2, 0.25) is 0 Å². The second-order valence-electron chi connectivity index (χ2n) is 6.21. The van der Waals surface area contributed by atoms with E-state index in [4.69, 9.17) is 10.6 Å². The molecule has 0 fully saturated rings. The Bertz CT molecular complexity index is 939. The van der Waals surface area contributed by atoms with E-state index in [2.05, 4.69) is 27.9 Å². The van der Waals surface area contributed by atoms with Crippen LogP contribution < -0.4 is 21.3 Å². The van der Waals surface area contributed by atoms with Gasteiger partial charge in [0.1, 0.15) is 12.4 Å². The maximum absolute atomic E-state index is 11.5. The van der Waals surface area contributed by atoms with Crippen molar-refractivity contribution in [3.63, 3.8) is 0 Å². The molecule has 0 radical (unpaired) electrons. The number of ether oxygens (including phenoxy) is 1. The van der Waals surface area contributed by atoms with Crippen molar-refractivity contribution in [3.05, 3.63) is 77.6 Å². The van der Waals surface area contributed by atoms with Crippen LogP contribution in [0, 0.1) is 13.8 Å². The van der Waals surface area contributed by atoms with Crippen molar-refractivity contribution in [3.8, 4) is 16.9 Å². The van der Waals surface area contributed by atoms with Crippen molar-refractivity contribution in [2.75, 3.05) is 5.32 Å². The van der Waals surface area contributed by atoms with Gasteiger partial charge < -0.3 is 10.1 Å². The molecule has 0 aliphatic rings. The number of hydrogen-bond donors (Lipinski definition) is 3. The molecule has 3 aromatic rings. The number of carbonyl (C=O) groups is 1. The fourth-order valence-electron chi connectivity index (χ4n) is 2.71. The van der Waals surface area contributed by atoms with Gasteiger partial charge in [-0.2, -0.15) is 0 Å². The summed E-state index contributed by atoms with van der Waals surface area (Å²) in [5.74, 6) is 5.92. The highest BCUT2D eigenvalue weighted by Crippen LogP contribution is 2.27. The predicted octanol–water partition coefficient (Wildman–Crippen LogP) is 3.94. The molecule has 0 unspecified atom stereocenters. The minimum Gasteiger partial charge on any atom is -0.489 e. The Kier molecular flexibility index (Phi) is 5.68. The monoisotopic (exact) mass is 362 g/mol. The van der Waals surface area contributed by atoms with Crippen molar-refractivity contribution in [2.24, 2.45) is 5.84 Å². The molecule has 27 heavy (non-hydrogen) atoms. The molecule has 0 saturated heterocycles. The van der Waals surface area contributed by atoms with E-state index in [1.807, 2.05) is 56.4 Å². The molecule has 1 heterocycles. The van der Waals surface area contributed by atoms with Gasteiger partial charge in [0.15, 0.2) is 0 Å².